The third-order valence-electron chi connectivity index (χ3n) is 2.54. The first-order valence-electron chi connectivity index (χ1n) is 5.65. The van der Waals surface area contributed by atoms with Crippen molar-refractivity contribution in [2.75, 3.05) is 11.9 Å². The topological polar surface area (TPSA) is 50.9 Å². The molecule has 1 aromatic heterocycles. The third-order valence-corrected chi connectivity index (χ3v) is 2.74. The van der Waals surface area contributed by atoms with E-state index in [0.29, 0.717) is 12.5 Å². The lowest BCUT2D eigenvalue weighted by molar-refractivity contribution is 0.403. The second kappa shape index (κ2) is 5.65. The van der Waals surface area contributed by atoms with Crippen molar-refractivity contribution in [3.05, 3.63) is 23.1 Å². The maximum Gasteiger partial charge on any atom is 0.166 e. The molecule has 0 spiro atoms. The molecule has 3 nitrogen and oxygen atoms in total. The third kappa shape index (κ3) is 4.13. The Bertz CT molecular complexity index is 384. The van der Waals surface area contributed by atoms with E-state index < -0.39 is 5.82 Å². The highest BCUT2D eigenvalue weighted by Gasteiger charge is 2.25. The lowest BCUT2D eigenvalue weighted by Gasteiger charge is -2.31. The number of aromatic nitrogens is 1. The average Bonchev–Trinajstić information content (AvgIpc) is 2.21. The van der Waals surface area contributed by atoms with Gasteiger partial charge in [-0.1, -0.05) is 25.4 Å². The summed E-state index contributed by atoms with van der Waals surface area (Å²) in [5, 5.41) is 3.35. The first-order chi connectivity index (χ1) is 7.86. The quantitative estimate of drug-likeness (QED) is 0.855. The largest absolute Gasteiger partial charge is 0.361 e. The average molecular weight is 260 g/mol. The lowest BCUT2D eigenvalue weighted by atomic mass is 9.91. The summed E-state index contributed by atoms with van der Waals surface area (Å²) in [4.78, 5) is 3.94. The van der Waals surface area contributed by atoms with E-state index in [1.807, 2.05) is 6.92 Å². The zero-order valence-corrected chi connectivity index (χ0v) is 11.2. The van der Waals surface area contributed by atoms with Gasteiger partial charge in [-0.05, 0) is 25.3 Å². The van der Waals surface area contributed by atoms with Crippen LogP contribution in [-0.4, -0.2) is 17.1 Å². The molecule has 17 heavy (non-hydrogen) atoms. The van der Waals surface area contributed by atoms with Gasteiger partial charge in [-0.2, -0.15) is 0 Å². The first kappa shape index (κ1) is 14.2. The van der Waals surface area contributed by atoms with E-state index in [9.17, 15) is 4.39 Å². The summed E-state index contributed by atoms with van der Waals surface area (Å²) in [5.41, 5.74) is 5.38. The van der Waals surface area contributed by atoms with E-state index in [1.54, 1.807) is 0 Å². The van der Waals surface area contributed by atoms with Crippen LogP contribution in [0.4, 0.5) is 10.2 Å². The second-order valence-corrected chi connectivity index (χ2v) is 5.41. The number of anilines is 1. The molecule has 0 radical (unpaired) electrons. The molecule has 0 saturated heterocycles. The van der Waals surface area contributed by atoms with Crippen LogP contribution in [0.2, 0.25) is 5.02 Å². The molecule has 1 atom stereocenters. The number of nitrogens with one attached hydrogen (secondary N) is 1. The molecular weight excluding hydrogens is 241 g/mol. The Kier molecular flexibility index (Phi) is 4.71. The molecule has 0 fully saturated rings. The molecule has 96 valence electrons. The summed E-state index contributed by atoms with van der Waals surface area (Å²) < 4.78 is 13.6. The van der Waals surface area contributed by atoms with Crippen molar-refractivity contribution in [2.24, 2.45) is 11.7 Å². The molecule has 0 aromatic carbocycles. The zero-order valence-electron chi connectivity index (χ0n) is 10.4. The van der Waals surface area contributed by atoms with Crippen LogP contribution in [-0.2, 0) is 0 Å². The maximum atomic E-state index is 13.6. The zero-order chi connectivity index (χ0) is 13.1. The van der Waals surface area contributed by atoms with Crippen LogP contribution in [0.3, 0.4) is 0 Å². The van der Waals surface area contributed by atoms with E-state index in [4.69, 9.17) is 17.3 Å². The fourth-order valence-corrected chi connectivity index (χ4v) is 2.02. The molecule has 1 rings (SSSR count). The molecule has 0 bridgehead atoms. The van der Waals surface area contributed by atoms with Gasteiger partial charge in [0.2, 0.25) is 0 Å². The Balaban J connectivity index is 2.87. The molecule has 1 heterocycles. The number of hydrogen-bond acceptors (Lipinski definition) is 3. The van der Waals surface area contributed by atoms with Gasteiger partial charge < -0.3 is 11.1 Å². The van der Waals surface area contributed by atoms with Gasteiger partial charge in [0.15, 0.2) is 11.6 Å². The van der Waals surface area contributed by atoms with E-state index >= 15 is 0 Å². The van der Waals surface area contributed by atoms with Crippen molar-refractivity contribution in [3.8, 4) is 0 Å². The highest BCUT2D eigenvalue weighted by atomic mass is 35.5. The summed E-state index contributed by atoms with van der Waals surface area (Å²) in [5.74, 6) is 0.204. The van der Waals surface area contributed by atoms with Gasteiger partial charge in [-0.3, -0.25) is 0 Å². The molecule has 0 aliphatic rings. The van der Waals surface area contributed by atoms with Gasteiger partial charge >= 0.3 is 0 Å². The van der Waals surface area contributed by atoms with Gasteiger partial charge in [-0.15, -0.1) is 0 Å². The number of hydrogen-bond donors (Lipinski definition) is 2. The molecule has 0 aliphatic heterocycles. The maximum absolute atomic E-state index is 13.6. The Morgan fingerprint density at radius 1 is 1.59 bits per heavy atom. The normalized spacial score (nSPS) is 14.8. The first-order valence-corrected chi connectivity index (χ1v) is 6.03. The van der Waals surface area contributed by atoms with Crippen molar-refractivity contribution in [2.45, 2.75) is 32.7 Å². The monoisotopic (exact) mass is 259 g/mol. The van der Waals surface area contributed by atoms with Crippen LogP contribution in [0.15, 0.2) is 12.3 Å². The number of pyridine rings is 1. The predicted octanol–water partition coefficient (Wildman–Crippen LogP) is 3.05. The van der Waals surface area contributed by atoms with Gasteiger partial charge in [0, 0.05) is 18.3 Å². The van der Waals surface area contributed by atoms with Crippen molar-refractivity contribution < 1.29 is 4.39 Å². The summed E-state index contributed by atoms with van der Waals surface area (Å²) in [6.45, 7) is 6.57. The Morgan fingerprint density at radius 3 is 2.71 bits per heavy atom. The van der Waals surface area contributed by atoms with Crippen LogP contribution >= 0.6 is 11.6 Å². The summed E-state index contributed by atoms with van der Waals surface area (Å²) in [6.07, 6.45) is 2.26. The Hall–Kier alpha value is -0.870. The van der Waals surface area contributed by atoms with Gasteiger partial charge in [0.1, 0.15) is 0 Å². The van der Waals surface area contributed by atoms with E-state index in [1.165, 1.54) is 12.3 Å². The minimum atomic E-state index is -0.457. The van der Waals surface area contributed by atoms with Crippen LogP contribution < -0.4 is 11.1 Å². The second-order valence-electron chi connectivity index (χ2n) is 4.97. The standard InChI is InChI=1S/C12H19ClFN3/c1-8(2)5-12(3,7-15)17-11-10(14)4-9(13)6-16-11/h4,6,8H,5,7,15H2,1-3H3,(H,16,17). The van der Waals surface area contributed by atoms with E-state index in [0.717, 1.165) is 6.42 Å². The molecule has 3 N–H and O–H groups in total. The van der Waals surface area contributed by atoms with Crippen LogP contribution in [0.1, 0.15) is 27.2 Å². The van der Waals surface area contributed by atoms with Gasteiger partial charge in [0.25, 0.3) is 0 Å². The minimum absolute atomic E-state index is 0.197. The highest BCUT2D eigenvalue weighted by molar-refractivity contribution is 6.30. The van der Waals surface area contributed by atoms with Crippen molar-refractivity contribution >= 4 is 17.4 Å². The van der Waals surface area contributed by atoms with E-state index in [-0.39, 0.29) is 16.4 Å². The molecular formula is C12H19ClFN3. The summed E-state index contributed by atoms with van der Waals surface area (Å²) in [6, 6.07) is 1.24. The SMILES string of the molecule is CC(C)CC(C)(CN)Nc1ncc(Cl)cc1F. The minimum Gasteiger partial charge on any atom is -0.361 e. The van der Waals surface area contributed by atoms with Crippen LogP contribution in [0, 0.1) is 11.7 Å². The molecule has 0 saturated carbocycles. The number of nitrogens with zero attached hydrogens (tertiary/aromatic N) is 1. The number of rotatable bonds is 5. The van der Waals surface area contributed by atoms with Crippen molar-refractivity contribution in [1.82, 2.24) is 4.98 Å². The van der Waals surface area contributed by atoms with Gasteiger partial charge in [-0.25, -0.2) is 9.37 Å². The number of nitrogens with two attached hydrogens (primary N) is 1. The fourth-order valence-electron chi connectivity index (χ4n) is 1.88. The highest BCUT2D eigenvalue weighted by Crippen LogP contribution is 2.23. The molecule has 0 aliphatic carbocycles. The van der Waals surface area contributed by atoms with Gasteiger partial charge in [0.05, 0.1) is 5.02 Å². The summed E-state index contributed by atoms with van der Waals surface area (Å²) in [7, 11) is 0. The Morgan fingerprint density at radius 2 is 2.24 bits per heavy atom. The van der Waals surface area contributed by atoms with Crippen molar-refractivity contribution in [3.63, 3.8) is 0 Å². The summed E-state index contributed by atoms with van der Waals surface area (Å²) >= 11 is 5.65. The fraction of sp³-hybridized carbons (Fsp3) is 0.583. The Labute approximate surface area is 107 Å². The molecule has 1 aromatic rings. The molecule has 0 amide bonds. The lowest BCUT2D eigenvalue weighted by Crippen LogP contribution is -2.44. The van der Waals surface area contributed by atoms with Crippen LogP contribution in [0.25, 0.3) is 0 Å². The molecule has 5 heteroatoms. The predicted molar refractivity (Wildman–Crippen MR) is 69.7 cm³/mol. The van der Waals surface area contributed by atoms with Crippen molar-refractivity contribution in [1.29, 1.82) is 0 Å². The number of halogens is 2. The molecule has 1 unspecified atom stereocenters. The van der Waals surface area contributed by atoms with E-state index in [2.05, 4.69) is 24.1 Å². The smallest absolute Gasteiger partial charge is 0.166 e. The van der Waals surface area contributed by atoms with Crippen LogP contribution in [0.5, 0.6) is 0 Å².